The van der Waals surface area contributed by atoms with Crippen molar-refractivity contribution < 1.29 is 0 Å². The molecule has 1 rings (SSSR count). The summed E-state index contributed by atoms with van der Waals surface area (Å²) in [5.74, 6) is 1.66. The molecule has 0 bridgehead atoms. The maximum atomic E-state index is 4.23. The zero-order chi connectivity index (χ0) is 12.2. The quantitative estimate of drug-likeness (QED) is 0.449. The number of halogens is 1. The molecule has 0 aromatic heterocycles. The number of nitrogens with one attached hydrogen (secondary N) is 2. The van der Waals surface area contributed by atoms with Gasteiger partial charge in [0, 0.05) is 25.7 Å². The Bertz CT molecular complexity index is 247. The highest BCUT2D eigenvalue weighted by molar-refractivity contribution is 14.0. The van der Waals surface area contributed by atoms with Gasteiger partial charge >= 0.3 is 0 Å². The van der Waals surface area contributed by atoms with Crippen LogP contribution in [0.4, 0.5) is 0 Å². The van der Waals surface area contributed by atoms with Gasteiger partial charge in [0.15, 0.2) is 5.96 Å². The molecule has 17 heavy (non-hydrogen) atoms. The minimum absolute atomic E-state index is 0. The smallest absolute Gasteiger partial charge is 0.191 e. The van der Waals surface area contributed by atoms with Crippen molar-refractivity contribution in [2.75, 3.05) is 33.7 Å². The minimum Gasteiger partial charge on any atom is -0.356 e. The second kappa shape index (κ2) is 7.41. The van der Waals surface area contributed by atoms with Crippen molar-refractivity contribution in [1.29, 1.82) is 0 Å². The maximum absolute atomic E-state index is 4.23. The lowest BCUT2D eigenvalue weighted by atomic mass is 10.1. The van der Waals surface area contributed by atoms with Crippen molar-refractivity contribution in [3.63, 3.8) is 0 Å². The first kappa shape index (κ1) is 17.0. The summed E-state index contributed by atoms with van der Waals surface area (Å²) < 4.78 is 0. The maximum Gasteiger partial charge on any atom is 0.191 e. The molecule has 1 heterocycles. The second-order valence-corrected chi connectivity index (χ2v) is 5.75. The summed E-state index contributed by atoms with van der Waals surface area (Å²) in [6, 6.07) is 0. The SMILES string of the molecule is CN=C(NCC1CCN(C)C1)NC(C)(C)C.I. The molecule has 1 unspecified atom stereocenters. The number of rotatable bonds is 2. The van der Waals surface area contributed by atoms with Gasteiger partial charge in [-0.25, -0.2) is 0 Å². The number of nitrogens with zero attached hydrogens (tertiary/aromatic N) is 2. The predicted octanol–water partition coefficient (Wildman–Crippen LogP) is 1.52. The highest BCUT2D eigenvalue weighted by Crippen LogP contribution is 2.12. The number of likely N-dealkylation sites (tertiary alicyclic amines) is 1. The molecule has 5 heteroatoms. The van der Waals surface area contributed by atoms with Crippen LogP contribution >= 0.6 is 24.0 Å². The Morgan fingerprint density at radius 2 is 2.06 bits per heavy atom. The molecule has 1 saturated heterocycles. The van der Waals surface area contributed by atoms with Crippen LogP contribution in [0.25, 0.3) is 0 Å². The summed E-state index contributed by atoms with van der Waals surface area (Å²) in [4.78, 5) is 6.62. The van der Waals surface area contributed by atoms with Gasteiger partial charge in [0.25, 0.3) is 0 Å². The van der Waals surface area contributed by atoms with Crippen LogP contribution < -0.4 is 10.6 Å². The summed E-state index contributed by atoms with van der Waals surface area (Å²) in [6.45, 7) is 9.85. The van der Waals surface area contributed by atoms with Crippen LogP contribution in [-0.4, -0.2) is 50.1 Å². The fourth-order valence-corrected chi connectivity index (χ4v) is 1.97. The van der Waals surface area contributed by atoms with Crippen molar-refractivity contribution in [1.82, 2.24) is 15.5 Å². The third kappa shape index (κ3) is 7.08. The van der Waals surface area contributed by atoms with Gasteiger partial charge < -0.3 is 15.5 Å². The zero-order valence-electron chi connectivity index (χ0n) is 11.7. The summed E-state index contributed by atoms with van der Waals surface area (Å²) in [5, 5.41) is 6.77. The van der Waals surface area contributed by atoms with Crippen LogP contribution in [0.3, 0.4) is 0 Å². The highest BCUT2D eigenvalue weighted by atomic mass is 127. The first-order valence-corrected chi connectivity index (χ1v) is 6.08. The summed E-state index contributed by atoms with van der Waals surface area (Å²) >= 11 is 0. The molecular weight excluding hydrogens is 327 g/mol. The average molecular weight is 354 g/mol. The van der Waals surface area contributed by atoms with E-state index in [0.717, 1.165) is 18.4 Å². The molecule has 1 aliphatic rings. The first-order chi connectivity index (χ1) is 7.40. The van der Waals surface area contributed by atoms with Crippen molar-refractivity contribution >= 4 is 29.9 Å². The van der Waals surface area contributed by atoms with E-state index >= 15 is 0 Å². The molecule has 0 aromatic carbocycles. The Labute approximate surface area is 123 Å². The van der Waals surface area contributed by atoms with E-state index in [1.165, 1.54) is 19.5 Å². The van der Waals surface area contributed by atoms with Gasteiger partial charge in [-0.05, 0) is 46.7 Å². The van der Waals surface area contributed by atoms with E-state index in [4.69, 9.17) is 0 Å². The molecule has 2 N–H and O–H groups in total. The van der Waals surface area contributed by atoms with Crippen LogP contribution in [0, 0.1) is 5.92 Å². The van der Waals surface area contributed by atoms with Crippen molar-refractivity contribution in [2.45, 2.75) is 32.7 Å². The van der Waals surface area contributed by atoms with E-state index in [0.29, 0.717) is 0 Å². The lowest BCUT2D eigenvalue weighted by Crippen LogP contribution is -2.48. The molecule has 4 nitrogen and oxygen atoms in total. The molecule has 1 atom stereocenters. The zero-order valence-corrected chi connectivity index (χ0v) is 14.0. The number of guanidine groups is 1. The van der Waals surface area contributed by atoms with Crippen LogP contribution in [0.2, 0.25) is 0 Å². The van der Waals surface area contributed by atoms with Crippen molar-refractivity contribution in [2.24, 2.45) is 10.9 Å². The van der Waals surface area contributed by atoms with Crippen LogP contribution in [0.15, 0.2) is 4.99 Å². The molecule has 0 saturated carbocycles. The fourth-order valence-electron chi connectivity index (χ4n) is 1.97. The highest BCUT2D eigenvalue weighted by Gasteiger charge is 2.20. The first-order valence-electron chi connectivity index (χ1n) is 6.08. The fraction of sp³-hybridized carbons (Fsp3) is 0.917. The number of aliphatic imine (C=N–C) groups is 1. The summed E-state index contributed by atoms with van der Waals surface area (Å²) in [5.41, 5.74) is 0.0638. The molecule has 0 aliphatic carbocycles. The van der Waals surface area contributed by atoms with Gasteiger partial charge in [-0.3, -0.25) is 4.99 Å². The Hall–Kier alpha value is -0.0400. The Morgan fingerprint density at radius 1 is 1.41 bits per heavy atom. The largest absolute Gasteiger partial charge is 0.356 e. The van der Waals surface area contributed by atoms with E-state index in [9.17, 15) is 0 Å². The second-order valence-electron chi connectivity index (χ2n) is 5.75. The molecule has 0 radical (unpaired) electrons. The molecular formula is C12H27IN4. The normalized spacial score (nSPS) is 22.2. The van der Waals surface area contributed by atoms with Gasteiger partial charge in [0.2, 0.25) is 0 Å². The molecule has 0 amide bonds. The lowest BCUT2D eigenvalue weighted by Gasteiger charge is -2.24. The monoisotopic (exact) mass is 354 g/mol. The van der Waals surface area contributed by atoms with Gasteiger partial charge in [-0.15, -0.1) is 24.0 Å². The van der Waals surface area contributed by atoms with Gasteiger partial charge in [-0.2, -0.15) is 0 Å². The van der Waals surface area contributed by atoms with Gasteiger partial charge in [0.1, 0.15) is 0 Å². The van der Waals surface area contributed by atoms with E-state index in [2.05, 4.69) is 48.3 Å². The molecule has 0 aromatic rings. The van der Waals surface area contributed by atoms with Gasteiger partial charge in [-0.1, -0.05) is 0 Å². The van der Waals surface area contributed by atoms with Crippen LogP contribution in [0.1, 0.15) is 27.2 Å². The van der Waals surface area contributed by atoms with E-state index in [1.54, 1.807) is 0 Å². The Balaban J connectivity index is 0.00000256. The van der Waals surface area contributed by atoms with Crippen molar-refractivity contribution in [3.05, 3.63) is 0 Å². The summed E-state index contributed by atoms with van der Waals surface area (Å²) in [7, 11) is 4.00. The molecule has 1 fully saturated rings. The van der Waals surface area contributed by atoms with Crippen molar-refractivity contribution in [3.8, 4) is 0 Å². The third-order valence-electron chi connectivity index (χ3n) is 2.76. The topological polar surface area (TPSA) is 39.7 Å². The van der Waals surface area contributed by atoms with E-state index in [-0.39, 0.29) is 29.5 Å². The van der Waals surface area contributed by atoms with Gasteiger partial charge in [0.05, 0.1) is 0 Å². The van der Waals surface area contributed by atoms with E-state index < -0.39 is 0 Å². The lowest BCUT2D eigenvalue weighted by molar-refractivity contribution is 0.393. The van der Waals surface area contributed by atoms with Crippen LogP contribution in [-0.2, 0) is 0 Å². The summed E-state index contributed by atoms with van der Waals surface area (Å²) in [6.07, 6.45) is 1.29. The predicted molar refractivity (Wildman–Crippen MR) is 85.3 cm³/mol. The molecule has 102 valence electrons. The Morgan fingerprint density at radius 3 is 2.47 bits per heavy atom. The number of hydrogen-bond acceptors (Lipinski definition) is 2. The van der Waals surface area contributed by atoms with E-state index in [1.807, 2.05) is 7.05 Å². The van der Waals surface area contributed by atoms with Crippen LogP contribution in [0.5, 0.6) is 0 Å². The number of hydrogen-bond donors (Lipinski definition) is 2. The molecule has 0 spiro atoms. The third-order valence-corrected chi connectivity index (χ3v) is 2.76. The average Bonchev–Trinajstić information content (AvgIpc) is 2.57. The minimum atomic E-state index is 0. The standard InChI is InChI=1S/C12H26N4.HI/c1-12(2,3)15-11(13-4)14-8-10-6-7-16(5)9-10;/h10H,6-9H2,1-5H3,(H2,13,14,15);1H. The molecule has 1 aliphatic heterocycles. The Kier molecular flexibility index (Phi) is 7.39.